The molecule has 0 aromatic heterocycles. The lowest BCUT2D eigenvalue weighted by Gasteiger charge is -2.32. The van der Waals surface area contributed by atoms with E-state index in [9.17, 15) is 14.9 Å². The molecule has 2 rings (SSSR count). The van der Waals surface area contributed by atoms with Crippen LogP contribution < -0.4 is 5.73 Å². The lowest BCUT2D eigenvalue weighted by atomic mass is 10.1. The van der Waals surface area contributed by atoms with E-state index in [0.717, 1.165) is 6.42 Å². The summed E-state index contributed by atoms with van der Waals surface area (Å²) in [5.41, 5.74) is 5.23. The third-order valence-corrected chi connectivity index (χ3v) is 3.75. The van der Waals surface area contributed by atoms with Gasteiger partial charge in [-0.3, -0.25) is 14.9 Å². The number of carbonyl (C=O) groups is 1. The molecule has 114 valence electrons. The molecule has 1 amide bonds. The number of nitrogens with two attached hydrogens (primary N) is 1. The molecule has 1 aromatic rings. The Morgan fingerprint density at radius 2 is 2.33 bits per heavy atom. The maximum atomic E-state index is 12.4. The second-order valence-corrected chi connectivity index (χ2v) is 5.21. The quantitative estimate of drug-likeness (QED) is 0.523. The molecule has 8 heteroatoms. The number of ether oxygens (including phenoxy) is 1. The number of hydrogen-bond acceptors (Lipinski definition) is 5. The second kappa shape index (κ2) is 6.28. The van der Waals surface area contributed by atoms with Crippen molar-refractivity contribution >= 4 is 28.9 Å². The molecule has 0 saturated carbocycles. The van der Waals surface area contributed by atoms with Crippen LogP contribution in [-0.4, -0.2) is 41.5 Å². The topological polar surface area (TPSA) is 98.7 Å². The number of nitro groups is 1. The molecular formula is C13H16ClN3O4. The first-order valence-corrected chi connectivity index (χ1v) is 6.96. The van der Waals surface area contributed by atoms with Gasteiger partial charge in [-0.1, -0.05) is 18.5 Å². The van der Waals surface area contributed by atoms with Gasteiger partial charge in [-0.05, 0) is 12.5 Å². The first-order valence-electron chi connectivity index (χ1n) is 6.58. The van der Waals surface area contributed by atoms with Crippen molar-refractivity contribution in [2.24, 2.45) is 0 Å². The number of morpholine rings is 1. The number of nitrogens with zero attached hydrogens (tertiary/aromatic N) is 2. The summed E-state index contributed by atoms with van der Waals surface area (Å²) in [5.74, 6) is -0.304. The van der Waals surface area contributed by atoms with E-state index in [4.69, 9.17) is 22.1 Å². The molecule has 1 heterocycles. The number of anilines is 1. The van der Waals surface area contributed by atoms with Crippen LogP contribution >= 0.6 is 11.6 Å². The van der Waals surface area contributed by atoms with Gasteiger partial charge >= 0.3 is 0 Å². The molecule has 0 aliphatic carbocycles. The SMILES string of the molecule is CCC1CN(C(=O)c2cc(Cl)c(N)c([N+](=O)[O-])c2)CCO1. The minimum atomic E-state index is -0.647. The average molecular weight is 314 g/mol. The molecule has 1 aromatic carbocycles. The summed E-state index contributed by atoms with van der Waals surface area (Å²) in [6.45, 7) is 3.34. The van der Waals surface area contributed by atoms with E-state index in [1.54, 1.807) is 4.90 Å². The molecule has 1 saturated heterocycles. The van der Waals surface area contributed by atoms with Crippen LogP contribution in [0.25, 0.3) is 0 Å². The van der Waals surface area contributed by atoms with Gasteiger partial charge in [0.25, 0.3) is 11.6 Å². The third-order valence-electron chi connectivity index (χ3n) is 3.43. The lowest BCUT2D eigenvalue weighted by molar-refractivity contribution is -0.383. The fraction of sp³-hybridized carbons (Fsp3) is 0.462. The van der Waals surface area contributed by atoms with Crippen molar-refractivity contribution in [3.63, 3.8) is 0 Å². The predicted octanol–water partition coefficient (Wildman–Crippen LogP) is 2.08. The normalized spacial score (nSPS) is 18.6. The molecule has 21 heavy (non-hydrogen) atoms. The van der Waals surface area contributed by atoms with E-state index in [0.29, 0.717) is 19.7 Å². The van der Waals surface area contributed by atoms with E-state index in [1.807, 2.05) is 6.92 Å². The summed E-state index contributed by atoms with van der Waals surface area (Å²) < 4.78 is 5.50. The Morgan fingerprint density at radius 1 is 1.62 bits per heavy atom. The van der Waals surface area contributed by atoms with Crippen LogP contribution in [-0.2, 0) is 4.74 Å². The van der Waals surface area contributed by atoms with Gasteiger partial charge in [-0.15, -0.1) is 0 Å². The molecule has 2 N–H and O–H groups in total. The monoisotopic (exact) mass is 313 g/mol. The van der Waals surface area contributed by atoms with Crippen molar-refractivity contribution in [3.05, 3.63) is 32.8 Å². The van der Waals surface area contributed by atoms with Crippen LogP contribution in [0.3, 0.4) is 0 Å². The van der Waals surface area contributed by atoms with Crippen LogP contribution in [0.4, 0.5) is 11.4 Å². The Kier molecular flexibility index (Phi) is 4.64. The van der Waals surface area contributed by atoms with Crippen LogP contribution in [0.2, 0.25) is 5.02 Å². The van der Waals surface area contributed by atoms with Gasteiger partial charge in [0, 0.05) is 24.7 Å². The van der Waals surface area contributed by atoms with Crippen LogP contribution in [0.1, 0.15) is 23.7 Å². The van der Waals surface area contributed by atoms with Gasteiger partial charge in [-0.2, -0.15) is 0 Å². The minimum Gasteiger partial charge on any atom is -0.392 e. The number of nitrogen functional groups attached to an aromatic ring is 1. The van der Waals surface area contributed by atoms with Crippen LogP contribution in [0.5, 0.6) is 0 Å². The van der Waals surface area contributed by atoms with E-state index >= 15 is 0 Å². The van der Waals surface area contributed by atoms with Gasteiger partial charge in [0.15, 0.2) is 0 Å². The van der Waals surface area contributed by atoms with Crippen molar-refractivity contribution in [2.45, 2.75) is 19.4 Å². The Hall–Kier alpha value is -1.86. The van der Waals surface area contributed by atoms with Gasteiger partial charge in [0.05, 0.1) is 22.7 Å². The summed E-state index contributed by atoms with van der Waals surface area (Å²) in [6.07, 6.45) is 0.786. The number of rotatable bonds is 3. The maximum Gasteiger partial charge on any atom is 0.294 e. The molecule has 1 fully saturated rings. The number of carbonyl (C=O) groups excluding carboxylic acids is 1. The first-order chi connectivity index (χ1) is 9.93. The lowest BCUT2D eigenvalue weighted by Crippen LogP contribution is -2.45. The Balaban J connectivity index is 2.29. The number of halogens is 1. The average Bonchev–Trinajstić information content (AvgIpc) is 2.48. The summed E-state index contributed by atoms with van der Waals surface area (Å²) in [4.78, 5) is 24.4. The summed E-state index contributed by atoms with van der Waals surface area (Å²) in [7, 11) is 0. The van der Waals surface area contributed by atoms with Crippen molar-refractivity contribution < 1.29 is 14.5 Å². The Labute approximate surface area is 126 Å². The van der Waals surface area contributed by atoms with E-state index in [1.165, 1.54) is 12.1 Å². The third kappa shape index (κ3) is 3.25. The molecule has 1 aliphatic rings. The van der Waals surface area contributed by atoms with Crippen molar-refractivity contribution in [1.29, 1.82) is 0 Å². The smallest absolute Gasteiger partial charge is 0.294 e. The van der Waals surface area contributed by atoms with Crippen LogP contribution in [0.15, 0.2) is 12.1 Å². The molecular weight excluding hydrogens is 298 g/mol. The maximum absolute atomic E-state index is 12.4. The van der Waals surface area contributed by atoms with Gasteiger partial charge < -0.3 is 15.4 Å². The molecule has 7 nitrogen and oxygen atoms in total. The van der Waals surface area contributed by atoms with E-state index < -0.39 is 4.92 Å². The van der Waals surface area contributed by atoms with Gasteiger partial charge in [0.1, 0.15) is 5.69 Å². The predicted molar refractivity (Wildman–Crippen MR) is 78.5 cm³/mol. The highest BCUT2D eigenvalue weighted by Gasteiger charge is 2.26. The highest BCUT2D eigenvalue weighted by atomic mass is 35.5. The van der Waals surface area contributed by atoms with E-state index in [-0.39, 0.29) is 34.0 Å². The molecule has 1 aliphatic heterocycles. The van der Waals surface area contributed by atoms with Crippen LogP contribution in [0, 0.1) is 10.1 Å². The largest absolute Gasteiger partial charge is 0.392 e. The number of benzene rings is 1. The zero-order valence-electron chi connectivity index (χ0n) is 11.5. The highest BCUT2D eigenvalue weighted by molar-refractivity contribution is 6.34. The van der Waals surface area contributed by atoms with Gasteiger partial charge in [0.2, 0.25) is 0 Å². The molecule has 0 bridgehead atoms. The van der Waals surface area contributed by atoms with Crippen molar-refractivity contribution in [2.75, 3.05) is 25.4 Å². The summed E-state index contributed by atoms with van der Waals surface area (Å²) in [6, 6.07) is 2.53. The van der Waals surface area contributed by atoms with Gasteiger partial charge in [-0.25, -0.2) is 0 Å². The Morgan fingerprint density at radius 3 is 2.95 bits per heavy atom. The first kappa shape index (κ1) is 15.5. The number of hydrogen-bond donors (Lipinski definition) is 1. The second-order valence-electron chi connectivity index (χ2n) is 4.80. The zero-order chi connectivity index (χ0) is 15.6. The molecule has 0 spiro atoms. The number of amides is 1. The molecule has 1 unspecified atom stereocenters. The zero-order valence-corrected chi connectivity index (χ0v) is 12.3. The minimum absolute atomic E-state index is 0.00727. The molecule has 1 atom stereocenters. The standard InChI is InChI=1S/C13H16ClN3O4/c1-2-9-7-16(3-4-21-9)13(18)8-5-10(14)12(15)11(6-8)17(19)20/h5-6,9H,2-4,7,15H2,1H3. The fourth-order valence-corrected chi connectivity index (χ4v) is 2.43. The number of nitro benzene ring substituents is 1. The van der Waals surface area contributed by atoms with Crippen molar-refractivity contribution in [3.8, 4) is 0 Å². The van der Waals surface area contributed by atoms with E-state index in [2.05, 4.69) is 0 Å². The summed E-state index contributed by atoms with van der Waals surface area (Å²) >= 11 is 5.88. The van der Waals surface area contributed by atoms with Crippen molar-refractivity contribution in [1.82, 2.24) is 4.90 Å². The fourth-order valence-electron chi connectivity index (χ4n) is 2.21. The summed E-state index contributed by atoms with van der Waals surface area (Å²) in [5, 5.41) is 11.0. The molecule has 0 radical (unpaired) electrons. The Bertz CT molecular complexity index is 579. The highest BCUT2D eigenvalue weighted by Crippen LogP contribution is 2.31.